The van der Waals surface area contributed by atoms with Crippen molar-refractivity contribution in [2.24, 2.45) is 0 Å². The Balaban J connectivity index is 1.46. The molecule has 9 nitrogen and oxygen atoms in total. The van der Waals surface area contributed by atoms with Crippen molar-refractivity contribution in [1.82, 2.24) is 29.9 Å². The molecule has 0 spiro atoms. The summed E-state index contributed by atoms with van der Waals surface area (Å²) in [5.41, 5.74) is 3.37. The van der Waals surface area contributed by atoms with E-state index < -0.39 is 0 Å². The van der Waals surface area contributed by atoms with Crippen molar-refractivity contribution in [1.29, 1.82) is 0 Å². The van der Waals surface area contributed by atoms with Gasteiger partial charge in [-0.2, -0.15) is 14.9 Å². The molecule has 4 aromatic rings. The van der Waals surface area contributed by atoms with Crippen LogP contribution in [0.4, 0.5) is 17.1 Å². The van der Waals surface area contributed by atoms with Gasteiger partial charge in [0.05, 0.1) is 11.4 Å². The Morgan fingerprint density at radius 2 is 1.67 bits per heavy atom. The molecule has 1 saturated heterocycles. The Morgan fingerprint density at radius 1 is 0.970 bits per heavy atom. The summed E-state index contributed by atoms with van der Waals surface area (Å²) in [5, 5.41) is 15.2. The third-order valence-electron chi connectivity index (χ3n) is 5.66. The number of rotatable bonds is 5. The van der Waals surface area contributed by atoms with Crippen LogP contribution >= 0.6 is 11.6 Å². The molecule has 5 rings (SSSR count). The van der Waals surface area contributed by atoms with E-state index in [1.54, 1.807) is 24.3 Å². The Bertz CT molecular complexity index is 1280. The standard InChI is InChI=1S/C23H23ClN8O/c1-30-10-12-31(13-11-30)18-8-4-17(5-9-18)27-20-14-21(33)32(19-6-2-16(24)3-7-19)29-22(20)23-25-15-26-28-23/h2-9,14-15,27H,10-13H2,1H3,(H,25,26,28). The van der Waals surface area contributed by atoms with Crippen molar-refractivity contribution in [2.75, 3.05) is 43.4 Å². The first-order valence-corrected chi connectivity index (χ1v) is 11.0. The average molecular weight is 463 g/mol. The highest BCUT2D eigenvalue weighted by Gasteiger charge is 2.16. The van der Waals surface area contributed by atoms with Gasteiger partial charge in [-0.25, -0.2) is 4.98 Å². The lowest BCUT2D eigenvalue weighted by Gasteiger charge is -2.34. The molecule has 0 unspecified atom stereocenters. The third kappa shape index (κ3) is 4.59. The second kappa shape index (κ2) is 9.05. The maximum Gasteiger partial charge on any atom is 0.273 e. The number of aromatic nitrogens is 5. The van der Waals surface area contributed by atoms with Crippen molar-refractivity contribution in [3.8, 4) is 17.2 Å². The highest BCUT2D eigenvalue weighted by molar-refractivity contribution is 6.30. The SMILES string of the molecule is CN1CCN(c2ccc(Nc3cc(=O)n(-c4ccc(Cl)cc4)nc3-c3ncn[nH]3)cc2)CC1. The summed E-state index contributed by atoms with van der Waals surface area (Å²) < 4.78 is 1.32. The van der Waals surface area contributed by atoms with Crippen molar-refractivity contribution in [2.45, 2.75) is 0 Å². The fourth-order valence-electron chi connectivity index (χ4n) is 3.79. The summed E-state index contributed by atoms with van der Waals surface area (Å²) in [6, 6.07) is 16.6. The van der Waals surface area contributed by atoms with Crippen LogP contribution in [0.1, 0.15) is 0 Å². The number of hydrogen-bond acceptors (Lipinski definition) is 7. The Labute approximate surface area is 195 Å². The van der Waals surface area contributed by atoms with Crippen LogP contribution in [0.3, 0.4) is 0 Å². The summed E-state index contributed by atoms with van der Waals surface area (Å²) >= 11 is 5.99. The number of H-pyrrole nitrogens is 1. The van der Waals surface area contributed by atoms with E-state index in [2.05, 4.69) is 54.6 Å². The molecule has 168 valence electrons. The molecule has 33 heavy (non-hydrogen) atoms. The molecule has 1 aliphatic rings. The van der Waals surface area contributed by atoms with Crippen LogP contribution in [-0.2, 0) is 0 Å². The monoisotopic (exact) mass is 462 g/mol. The molecule has 10 heteroatoms. The van der Waals surface area contributed by atoms with E-state index in [-0.39, 0.29) is 5.56 Å². The molecule has 2 aromatic carbocycles. The van der Waals surface area contributed by atoms with Crippen LogP contribution in [-0.4, -0.2) is 63.1 Å². The molecular formula is C23H23ClN8O. The van der Waals surface area contributed by atoms with E-state index in [0.717, 1.165) is 31.9 Å². The number of halogens is 1. The number of likely N-dealkylation sites (N-methyl/N-ethyl adjacent to an activating group) is 1. The lowest BCUT2D eigenvalue weighted by Crippen LogP contribution is -2.44. The molecule has 0 radical (unpaired) electrons. The maximum atomic E-state index is 12.9. The number of aromatic amines is 1. The van der Waals surface area contributed by atoms with E-state index in [0.29, 0.717) is 27.9 Å². The Hall–Kier alpha value is -3.69. The van der Waals surface area contributed by atoms with Gasteiger partial charge in [0.25, 0.3) is 5.56 Å². The molecule has 0 bridgehead atoms. The van der Waals surface area contributed by atoms with Crippen LogP contribution in [0.2, 0.25) is 5.02 Å². The van der Waals surface area contributed by atoms with Crippen LogP contribution in [0, 0.1) is 0 Å². The van der Waals surface area contributed by atoms with Gasteiger partial charge in [0.1, 0.15) is 6.33 Å². The molecule has 0 aliphatic carbocycles. The molecule has 1 aliphatic heterocycles. The molecule has 0 atom stereocenters. The third-order valence-corrected chi connectivity index (χ3v) is 5.91. The minimum atomic E-state index is -0.280. The van der Waals surface area contributed by atoms with Gasteiger partial charge >= 0.3 is 0 Å². The summed E-state index contributed by atoms with van der Waals surface area (Å²) in [5.74, 6) is 0.453. The zero-order valence-electron chi connectivity index (χ0n) is 18.1. The summed E-state index contributed by atoms with van der Waals surface area (Å²) in [6.45, 7) is 4.11. The highest BCUT2D eigenvalue weighted by atomic mass is 35.5. The Kier molecular flexibility index (Phi) is 5.80. The van der Waals surface area contributed by atoms with Crippen LogP contribution < -0.4 is 15.8 Å². The largest absolute Gasteiger partial charge is 0.369 e. The maximum absolute atomic E-state index is 12.9. The van der Waals surface area contributed by atoms with Gasteiger partial charge in [0, 0.05) is 48.6 Å². The zero-order chi connectivity index (χ0) is 22.8. The molecule has 0 saturated carbocycles. The van der Waals surface area contributed by atoms with Crippen molar-refractivity contribution in [3.63, 3.8) is 0 Å². The fourth-order valence-corrected chi connectivity index (χ4v) is 3.91. The van der Waals surface area contributed by atoms with Gasteiger partial charge in [0.15, 0.2) is 11.5 Å². The van der Waals surface area contributed by atoms with Crippen LogP contribution in [0.5, 0.6) is 0 Å². The first-order valence-electron chi connectivity index (χ1n) is 10.6. The molecule has 1 fully saturated rings. The quantitative estimate of drug-likeness (QED) is 0.470. The molecule has 2 N–H and O–H groups in total. The number of benzene rings is 2. The van der Waals surface area contributed by atoms with Crippen molar-refractivity contribution >= 4 is 28.7 Å². The zero-order valence-corrected chi connectivity index (χ0v) is 18.8. The van der Waals surface area contributed by atoms with Gasteiger partial charge in [-0.3, -0.25) is 9.89 Å². The number of hydrogen-bond donors (Lipinski definition) is 2. The minimum absolute atomic E-state index is 0.280. The van der Waals surface area contributed by atoms with E-state index in [9.17, 15) is 4.79 Å². The minimum Gasteiger partial charge on any atom is -0.369 e. The van der Waals surface area contributed by atoms with Gasteiger partial charge in [0.2, 0.25) is 0 Å². The average Bonchev–Trinajstić information content (AvgIpc) is 3.36. The summed E-state index contributed by atoms with van der Waals surface area (Å²) in [7, 11) is 2.14. The van der Waals surface area contributed by atoms with Crippen LogP contribution in [0.25, 0.3) is 17.2 Å². The second-order valence-electron chi connectivity index (χ2n) is 7.93. The lowest BCUT2D eigenvalue weighted by molar-refractivity contribution is 0.313. The highest BCUT2D eigenvalue weighted by Crippen LogP contribution is 2.27. The van der Waals surface area contributed by atoms with E-state index in [1.807, 2.05) is 12.1 Å². The van der Waals surface area contributed by atoms with Gasteiger partial charge in [-0.1, -0.05) is 11.6 Å². The normalized spacial score (nSPS) is 14.4. The number of nitrogens with zero attached hydrogens (tertiary/aromatic N) is 6. The predicted octanol–water partition coefficient (Wildman–Crippen LogP) is 3.17. The Morgan fingerprint density at radius 3 is 2.33 bits per heavy atom. The van der Waals surface area contributed by atoms with E-state index in [4.69, 9.17) is 11.6 Å². The molecular weight excluding hydrogens is 440 g/mol. The summed E-state index contributed by atoms with van der Waals surface area (Å²) in [4.78, 5) is 21.8. The predicted molar refractivity (Wildman–Crippen MR) is 130 cm³/mol. The number of piperazine rings is 1. The number of nitrogens with one attached hydrogen (secondary N) is 2. The van der Waals surface area contributed by atoms with Gasteiger partial charge < -0.3 is 15.1 Å². The molecule has 3 heterocycles. The topological polar surface area (TPSA) is 95.0 Å². The van der Waals surface area contributed by atoms with E-state index in [1.165, 1.54) is 22.8 Å². The molecule has 0 amide bonds. The first-order chi connectivity index (χ1) is 16.1. The smallest absolute Gasteiger partial charge is 0.273 e. The second-order valence-corrected chi connectivity index (χ2v) is 8.37. The number of anilines is 3. The lowest BCUT2D eigenvalue weighted by atomic mass is 10.2. The van der Waals surface area contributed by atoms with Gasteiger partial charge in [-0.15, -0.1) is 0 Å². The first kappa shape index (κ1) is 21.2. The van der Waals surface area contributed by atoms with Gasteiger partial charge in [-0.05, 0) is 55.6 Å². The van der Waals surface area contributed by atoms with Crippen LogP contribution in [0.15, 0.2) is 65.7 Å². The fraction of sp³-hybridized carbons (Fsp3) is 0.217. The van der Waals surface area contributed by atoms with Crippen molar-refractivity contribution < 1.29 is 0 Å². The molecule has 2 aromatic heterocycles. The van der Waals surface area contributed by atoms with E-state index >= 15 is 0 Å². The summed E-state index contributed by atoms with van der Waals surface area (Å²) in [6.07, 6.45) is 1.41. The van der Waals surface area contributed by atoms with Crippen molar-refractivity contribution in [3.05, 3.63) is 76.3 Å².